The summed E-state index contributed by atoms with van der Waals surface area (Å²) >= 11 is 1.37. The van der Waals surface area contributed by atoms with Crippen molar-refractivity contribution < 1.29 is 4.79 Å². The molecule has 0 unspecified atom stereocenters. The molecule has 0 saturated heterocycles. The Morgan fingerprint density at radius 1 is 1.44 bits per heavy atom. The highest BCUT2D eigenvalue weighted by atomic mass is 32.2. The molecule has 1 aromatic rings. The highest BCUT2D eigenvalue weighted by Gasteiger charge is 1.95. The first-order chi connectivity index (χ1) is 7.59. The van der Waals surface area contributed by atoms with Crippen LogP contribution >= 0.6 is 11.8 Å². The summed E-state index contributed by atoms with van der Waals surface area (Å²) in [6.45, 7) is 5.60. The van der Waals surface area contributed by atoms with Gasteiger partial charge in [0.05, 0.1) is 0 Å². The molecule has 0 saturated carbocycles. The van der Waals surface area contributed by atoms with Gasteiger partial charge in [0.2, 0.25) is 0 Å². The van der Waals surface area contributed by atoms with Gasteiger partial charge in [-0.1, -0.05) is 30.0 Å². The highest BCUT2D eigenvalue weighted by molar-refractivity contribution is 8.13. The van der Waals surface area contributed by atoms with Crippen LogP contribution in [0.2, 0.25) is 0 Å². The van der Waals surface area contributed by atoms with Crippen LogP contribution in [0.1, 0.15) is 30.3 Å². The van der Waals surface area contributed by atoms with E-state index in [9.17, 15) is 4.79 Å². The topological polar surface area (TPSA) is 30.0 Å². The molecular formula is C13H17NOS. The van der Waals surface area contributed by atoms with E-state index in [1.54, 1.807) is 6.92 Å². The molecule has 0 aliphatic carbocycles. The Morgan fingerprint density at radius 3 is 2.81 bits per heavy atom. The van der Waals surface area contributed by atoms with Crippen LogP contribution in [0.5, 0.6) is 0 Å². The summed E-state index contributed by atoms with van der Waals surface area (Å²) in [4.78, 5) is 15.1. The Balaban J connectivity index is 2.47. The first-order valence-electron chi connectivity index (χ1n) is 5.34. The average Bonchev–Trinajstić information content (AvgIpc) is 2.20. The van der Waals surface area contributed by atoms with Crippen molar-refractivity contribution in [2.45, 2.75) is 27.2 Å². The molecule has 1 rings (SSSR count). The zero-order valence-electron chi connectivity index (χ0n) is 9.99. The van der Waals surface area contributed by atoms with E-state index < -0.39 is 0 Å². The third kappa shape index (κ3) is 4.62. The first kappa shape index (κ1) is 13.0. The van der Waals surface area contributed by atoms with Crippen molar-refractivity contribution in [2.24, 2.45) is 0 Å². The quantitative estimate of drug-likeness (QED) is 0.749. The molecule has 0 amide bonds. The molecule has 0 atom stereocenters. The van der Waals surface area contributed by atoms with Crippen molar-refractivity contribution in [1.82, 2.24) is 4.98 Å². The lowest BCUT2D eigenvalue weighted by Gasteiger charge is -2.00. The van der Waals surface area contributed by atoms with Gasteiger partial charge >= 0.3 is 0 Å². The number of rotatable bonds is 4. The number of hydrogen-bond acceptors (Lipinski definition) is 3. The Morgan fingerprint density at radius 2 is 2.19 bits per heavy atom. The minimum Gasteiger partial charge on any atom is -0.288 e. The second-order valence-electron chi connectivity index (χ2n) is 3.66. The number of pyridine rings is 1. The Kier molecular flexibility index (Phi) is 5.26. The second-order valence-corrected chi connectivity index (χ2v) is 4.93. The molecule has 2 nitrogen and oxygen atoms in total. The number of allylic oxidation sites excluding steroid dienone is 1. The van der Waals surface area contributed by atoms with Crippen LogP contribution in [0.25, 0.3) is 6.08 Å². The van der Waals surface area contributed by atoms with Gasteiger partial charge in [0.15, 0.2) is 5.12 Å². The van der Waals surface area contributed by atoms with Gasteiger partial charge in [-0.15, -0.1) is 0 Å². The molecule has 3 heteroatoms. The normalized spacial score (nSPS) is 10.9. The number of aryl methyl sites for hydroxylation is 2. The SMILES string of the molecule is CC(=O)SCCC=Cc1ccc(C)nc1C. The van der Waals surface area contributed by atoms with Crippen LogP contribution in [0.4, 0.5) is 0 Å². The largest absolute Gasteiger partial charge is 0.288 e. The van der Waals surface area contributed by atoms with E-state index >= 15 is 0 Å². The lowest BCUT2D eigenvalue weighted by atomic mass is 10.1. The molecule has 1 aromatic heterocycles. The smallest absolute Gasteiger partial charge is 0.185 e. The predicted molar refractivity (Wildman–Crippen MR) is 70.5 cm³/mol. The van der Waals surface area contributed by atoms with Crippen molar-refractivity contribution >= 4 is 23.0 Å². The summed E-state index contributed by atoms with van der Waals surface area (Å²) < 4.78 is 0. The van der Waals surface area contributed by atoms with Crippen LogP contribution in [0.15, 0.2) is 18.2 Å². The maximum Gasteiger partial charge on any atom is 0.185 e. The second kappa shape index (κ2) is 6.48. The monoisotopic (exact) mass is 235 g/mol. The molecule has 0 fully saturated rings. The molecular weight excluding hydrogens is 218 g/mol. The number of carbonyl (C=O) groups excluding carboxylic acids is 1. The fourth-order valence-electron chi connectivity index (χ4n) is 1.35. The Bertz CT molecular complexity index is 399. The van der Waals surface area contributed by atoms with Crippen LogP contribution < -0.4 is 0 Å². The van der Waals surface area contributed by atoms with E-state index in [-0.39, 0.29) is 5.12 Å². The maximum absolute atomic E-state index is 10.7. The average molecular weight is 235 g/mol. The van der Waals surface area contributed by atoms with Gasteiger partial charge < -0.3 is 0 Å². The third-order valence-electron chi connectivity index (χ3n) is 2.15. The van der Waals surface area contributed by atoms with Crippen molar-refractivity contribution in [3.63, 3.8) is 0 Å². The van der Waals surface area contributed by atoms with E-state index in [0.717, 1.165) is 29.1 Å². The van der Waals surface area contributed by atoms with E-state index in [1.165, 1.54) is 11.8 Å². The minimum absolute atomic E-state index is 0.182. The number of hydrogen-bond donors (Lipinski definition) is 0. The van der Waals surface area contributed by atoms with Gasteiger partial charge in [-0.05, 0) is 31.9 Å². The zero-order valence-corrected chi connectivity index (χ0v) is 10.8. The minimum atomic E-state index is 0.182. The number of aromatic nitrogens is 1. The van der Waals surface area contributed by atoms with Gasteiger partial charge in [0, 0.05) is 24.1 Å². The fraction of sp³-hybridized carbons (Fsp3) is 0.385. The molecule has 0 spiro atoms. The van der Waals surface area contributed by atoms with E-state index in [4.69, 9.17) is 0 Å². The lowest BCUT2D eigenvalue weighted by Crippen LogP contribution is -1.89. The summed E-state index contributed by atoms with van der Waals surface area (Å²) in [5.74, 6) is 0.851. The molecule has 16 heavy (non-hydrogen) atoms. The summed E-state index contributed by atoms with van der Waals surface area (Å²) in [5, 5.41) is 0.182. The summed E-state index contributed by atoms with van der Waals surface area (Å²) in [6, 6.07) is 4.09. The van der Waals surface area contributed by atoms with E-state index in [0.29, 0.717) is 0 Å². The molecule has 0 aromatic carbocycles. The number of carbonyl (C=O) groups is 1. The molecule has 1 heterocycles. The number of thioether (sulfide) groups is 1. The van der Waals surface area contributed by atoms with Crippen LogP contribution in [0, 0.1) is 13.8 Å². The van der Waals surface area contributed by atoms with Crippen LogP contribution in [0.3, 0.4) is 0 Å². The molecule has 86 valence electrons. The van der Waals surface area contributed by atoms with Crippen molar-refractivity contribution in [3.8, 4) is 0 Å². The van der Waals surface area contributed by atoms with Crippen molar-refractivity contribution in [2.75, 3.05) is 5.75 Å². The molecule has 0 radical (unpaired) electrons. The van der Waals surface area contributed by atoms with Gasteiger partial charge in [-0.2, -0.15) is 0 Å². The third-order valence-corrected chi connectivity index (χ3v) is 3.00. The van der Waals surface area contributed by atoms with E-state index in [1.807, 2.05) is 19.9 Å². The molecule has 0 aliphatic rings. The standard InChI is InChI=1S/C13H17NOS/c1-10-7-8-13(11(2)14-10)6-4-5-9-16-12(3)15/h4,6-8H,5,9H2,1-3H3. The number of nitrogens with zero attached hydrogens (tertiary/aromatic N) is 1. The van der Waals surface area contributed by atoms with Gasteiger partial charge in [-0.3, -0.25) is 9.78 Å². The Labute approximate surface area is 101 Å². The summed E-state index contributed by atoms with van der Waals surface area (Å²) in [6.07, 6.45) is 5.08. The van der Waals surface area contributed by atoms with Gasteiger partial charge in [0.25, 0.3) is 0 Å². The molecule has 0 N–H and O–H groups in total. The van der Waals surface area contributed by atoms with Gasteiger partial charge in [-0.25, -0.2) is 0 Å². The summed E-state index contributed by atoms with van der Waals surface area (Å²) in [7, 11) is 0. The van der Waals surface area contributed by atoms with Crippen LogP contribution in [-0.2, 0) is 4.79 Å². The maximum atomic E-state index is 10.7. The Hall–Kier alpha value is -1.09. The van der Waals surface area contributed by atoms with E-state index in [2.05, 4.69) is 23.2 Å². The van der Waals surface area contributed by atoms with Crippen molar-refractivity contribution in [3.05, 3.63) is 35.2 Å². The first-order valence-corrected chi connectivity index (χ1v) is 6.32. The predicted octanol–water partition coefficient (Wildman–Crippen LogP) is 3.38. The fourth-order valence-corrected chi connectivity index (χ4v) is 1.90. The van der Waals surface area contributed by atoms with Gasteiger partial charge in [0.1, 0.15) is 0 Å². The van der Waals surface area contributed by atoms with Crippen molar-refractivity contribution in [1.29, 1.82) is 0 Å². The lowest BCUT2D eigenvalue weighted by molar-refractivity contribution is -0.109. The summed E-state index contributed by atoms with van der Waals surface area (Å²) in [5.41, 5.74) is 3.25. The zero-order chi connectivity index (χ0) is 12.0. The van der Waals surface area contributed by atoms with Crippen LogP contribution in [-0.4, -0.2) is 15.9 Å². The molecule has 0 aliphatic heterocycles. The highest BCUT2D eigenvalue weighted by Crippen LogP contribution is 2.10. The molecule has 0 bridgehead atoms.